The molecule has 1 amide bonds. The Morgan fingerprint density at radius 1 is 1.25 bits per heavy atom. The molecule has 3 heterocycles. The van der Waals surface area contributed by atoms with Crippen LogP contribution in [0.1, 0.15) is 35.4 Å². The fourth-order valence-corrected chi connectivity index (χ4v) is 3.70. The van der Waals surface area contributed by atoms with Crippen molar-refractivity contribution >= 4 is 11.7 Å². The molecule has 164 valence electrons. The lowest BCUT2D eigenvalue weighted by atomic mass is 10.1. The number of benzene rings is 1. The number of aromatic nitrogens is 2. The molecule has 1 saturated heterocycles. The quantitative estimate of drug-likeness (QED) is 0.517. The van der Waals surface area contributed by atoms with Crippen molar-refractivity contribution in [2.24, 2.45) is 5.73 Å². The van der Waals surface area contributed by atoms with E-state index in [1.54, 1.807) is 18.2 Å². The van der Waals surface area contributed by atoms with Crippen LogP contribution in [0.15, 0.2) is 40.9 Å². The molecule has 9 nitrogen and oxygen atoms in total. The SMILES string of the molecule is N#Cc1cc(-c2cnc(N)c(-c3ccc(C(N)=O)o3)n2)ccc1OCCCN1CCCC1. The monoisotopic (exact) mass is 432 g/mol. The van der Waals surface area contributed by atoms with E-state index in [2.05, 4.69) is 20.9 Å². The lowest BCUT2D eigenvalue weighted by molar-refractivity contribution is 0.0974. The van der Waals surface area contributed by atoms with E-state index < -0.39 is 5.91 Å². The molecular weight excluding hydrogens is 408 g/mol. The number of primary amides is 1. The number of likely N-dealkylation sites (tertiary alicyclic amines) is 1. The van der Waals surface area contributed by atoms with Gasteiger partial charge in [0.05, 0.1) is 24.1 Å². The Kier molecular flexibility index (Phi) is 6.33. The van der Waals surface area contributed by atoms with Crippen molar-refractivity contribution in [1.29, 1.82) is 5.26 Å². The topological polar surface area (TPSA) is 144 Å². The van der Waals surface area contributed by atoms with Gasteiger partial charge in [-0.1, -0.05) is 0 Å². The van der Waals surface area contributed by atoms with E-state index in [0.717, 1.165) is 26.1 Å². The Morgan fingerprint density at radius 2 is 2.06 bits per heavy atom. The van der Waals surface area contributed by atoms with Gasteiger partial charge in [0, 0.05) is 12.1 Å². The summed E-state index contributed by atoms with van der Waals surface area (Å²) in [5.74, 6) is 0.290. The number of anilines is 1. The molecule has 0 atom stereocenters. The first-order valence-electron chi connectivity index (χ1n) is 10.5. The smallest absolute Gasteiger partial charge is 0.284 e. The number of nitrogens with zero attached hydrogens (tertiary/aromatic N) is 4. The highest BCUT2D eigenvalue weighted by molar-refractivity contribution is 5.90. The standard InChI is InChI=1S/C23H24N6O3/c24-13-16-12-15(4-5-18(16)31-11-3-10-29-8-1-2-9-29)17-14-27-22(25)21(28-17)19-6-7-20(32-19)23(26)30/h4-7,12,14H,1-3,8-11H2,(H2,25,27)(H2,26,30). The van der Waals surface area contributed by atoms with Crippen LogP contribution in [0.2, 0.25) is 0 Å². The molecule has 0 bridgehead atoms. The summed E-state index contributed by atoms with van der Waals surface area (Å²) >= 11 is 0. The largest absolute Gasteiger partial charge is 0.492 e. The maximum Gasteiger partial charge on any atom is 0.284 e. The van der Waals surface area contributed by atoms with Crippen LogP contribution in [-0.2, 0) is 0 Å². The van der Waals surface area contributed by atoms with E-state index in [4.69, 9.17) is 20.6 Å². The summed E-state index contributed by atoms with van der Waals surface area (Å²) in [5.41, 5.74) is 13.1. The molecule has 0 aliphatic carbocycles. The Balaban J connectivity index is 1.50. The van der Waals surface area contributed by atoms with Crippen molar-refractivity contribution in [3.05, 3.63) is 47.9 Å². The lowest BCUT2D eigenvalue weighted by Gasteiger charge is -2.15. The summed E-state index contributed by atoms with van der Waals surface area (Å²) in [7, 11) is 0. The van der Waals surface area contributed by atoms with Gasteiger partial charge in [-0.2, -0.15) is 5.26 Å². The van der Waals surface area contributed by atoms with Gasteiger partial charge in [0.15, 0.2) is 17.3 Å². The zero-order valence-corrected chi connectivity index (χ0v) is 17.6. The van der Waals surface area contributed by atoms with Crippen molar-refractivity contribution in [1.82, 2.24) is 14.9 Å². The van der Waals surface area contributed by atoms with Crippen molar-refractivity contribution < 1.29 is 13.9 Å². The van der Waals surface area contributed by atoms with Gasteiger partial charge in [0.1, 0.15) is 17.5 Å². The minimum Gasteiger partial charge on any atom is -0.492 e. The van der Waals surface area contributed by atoms with Gasteiger partial charge in [-0.25, -0.2) is 9.97 Å². The molecule has 9 heteroatoms. The van der Waals surface area contributed by atoms with Crippen molar-refractivity contribution in [2.45, 2.75) is 19.3 Å². The van der Waals surface area contributed by atoms with Crippen LogP contribution in [0.3, 0.4) is 0 Å². The number of amides is 1. The Hall–Kier alpha value is -3.90. The van der Waals surface area contributed by atoms with E-state index in [1.165, 1.54) is 25.1 Å². The predicted octanol–water partition coefficient (Wildman–Crippen LogP) is 2.82. The highest BCUT2D eigenvalue weighted by Gasteiger charge is 2.16. The van der Waals surface area contributed by atoms with E-state index >= 15 is 0 Å². The zero-order chi connectivity index (χ0) is 22.5. The van der Waals surface area contributed by atoms with E-state index in [9.17, 15) is 10.1 Å². The molecule has 1 aliphatic rings. The van der Waals surface area contributed by atoms with Crippen LogP contribution < -0.4 is 16.2 Å². The van der Waals surface area contributed by atoms with Gasteiger partial charge in [0.25, 0.3) is 5.91 Å². The third kappa shape index (κ3) is 4.71. The summed E-state index contributed by atoms with van der Waals surface area (Å²) in [6, 6.07) is 10.5. The summed E-state index contributed by atoms with van der Waals surface area (Å²) < 4.78 is 11.3. The average molecular weight is 432 g/mol. The van der Waals surface area contributed by atoms with Crippen LogP contribution in [0.5, 0.6) is 5.75 Å². The van der Waals surface area contributed by atoms with Gasteiger partial charge in [0.2, 0.25) is 0 Å². The van der Waals surface area contributed by atoms with E-state index in [0.29, 0.717) is 29.2 Å². The van der Waals surface area contributed by atoms with Gasteiger partial charge < -0.3 is 25.5 Å². The number of carbonyl (C=O) groups excluding carboxylic acids is 1. The highest BCUT2D eigenvalue weighted by atomic mass is 16.5. The molecule has 1 fully saturated rings. The molecule has 0 spiro atoms. The second kappa shape index (κ2) is 9.49. The number of hydrogen-bond donors (Lipinski definition) is 2. The molecule has 0 saturated carbocycles. The van der Waals surface area contributed by atoms with Gasteiger partial charge in [-0.15, -0.1) is 0 Å². The number of nitrogen functional groups attached to an aromatic ring is 1. The number of rotatable bonds is 8. The second-order valence-electron chi connectivity index (χ2n) is 7.59. The summed E-state index contributed by atoms with van der Waals surface area (Å²) in [5, 5.41) is 9.60. The third-order valence-electron chi connectivity index (χ3n) is 5.35. The molecule has 0 radical (unpaired) electrons. The van der Waals surface area contributed by atoms with E-state index in [1.807, 2.05) is 6.07 Å². The number of hydrogen-bond acceptors (Lipinski definition) is 8. The second-order valence-corrected chi connectivity index (χ2v) is 7.59. The molecule has 4 rings (SSSR count). The summed E-state index contributed by atoms with van der Waals surface area (Å²) in [6.45, 7) is 3.88. The lowest BCUT2D eigenvalue weighted by Crippen LogP contribution is -2.21. The van der Waals surface area contributed by atoms with Gasteiger partial charge in [-0.05, 0) is 62.7 Å². The number of nitriles is 1. The Morgan fingerprint density at radius 3 is 2.78 bits per heavy atom. The van der Waals surface area contributed by atoms with Crippen molar-refractivity contribution in [2.75, 3.05) is 32.0 Å². The van der Waals surface area contributed by atoms with Crippen molar-refractivity contribution in [3.63, 3.8) is 0 Å². The number of nitrogens with two attached hydrogens (primary N) is 2. The summed E-state index contributed by atoms with van der Waals surface area (Å²) in [6.07, 6.45) is 4.96. The molecule has 1 aliphatic heterocycles. The highest BCUT2D eigenvalue weighted by Crippen LogP contribution is 2.30. The molecule has 0 unspecified atom stereocenters. The van der Waals surface area contributed by atoms with E-state index in [-0.39, 0.29) is 23.0 Å². The minimum atomic E-state index is -0.686. The maximum absolute atomic E-state index is 11.3. The normalized spacial score (nSPS) is 13.7. The minimum absolute atomic E-state index is 0.00426. The Bertz CT molecular complexity index is 1160. The Labute approximate surface area is 185 Å². The molecular formula is C23H24N6O3. The predicted molar refractivity (Wildman–Crippen MR) is 119 cm³/mol. The maximum atomic E-state index is 11.3. The molecule has 1 aromatic carbocycles. The number of ether oxygens (including phenoxy) is 1. The van der Waals surface area contributed by atoms with Crippen LogP contribution in [0.25, 0.3) is 22.7 Å². The fourth-order valence-electron chi connectivity index (χ4n) is 3.70. The first-order chi connectivity index (χ1) is 15.5. The van der Waals surface area contributed by atoms with Crippen LogP contribution >= 0.6 is 0 Å². The zero-order valence-electron chi connectivity index (χ0n) is 17.6. The fraction of sp³-hybridized carbons (Fsp3) is 0.304. The van der Waals surface area contributed by atoms with Crippen molar-refractivity contribution in [3.8, 4) is 34.5 Å². The van der Waals surface area contributed by atoms with Crippen LogP contribution in [0, 0.1) is 11.3 Å². The van der Waals surface area contributed by atoms with Gasteiger partial charge >= 0.3 is 0 Å². The van der Waals surface area contributed by atoms with Crippen LogP contribution in [0.4, 0.5) is 5.82 Å². The van der Waals surface area contributed by atoms with Crippen LogP contribution in [-0.4, -0.2) is 47.0 Å². The van der Waals surface area contributed by atoms with Gasteiger partial charge in [-0.3, -0.25) is 4.79 Å². The first kappa shape index (κ1) is 21.3. The number of carbonyl (C=O) groups is 1. The molecule has 4 N–H and O–H groups in total. The third-order valence-corrected chi connectivity index (χ3v) is 5.35. The number of furan rings is 1. The molecule has 32 heavy (non-hydrogen) atoms. The average Bonchev–Trinajstić information content (AvgIpc) is 3.49. The first-order valence-corrected chi connectivity index (χ1v) is 10.5. The molecule has 3 aromatic rings. The summed E-state index contributed by atoms with van der Waals surface area (Å²) in [4.78, 5) is 22.4. The molecule has 2 aromatic heterocycles.